The normalized spacial score (nSPS) is 11.4. The number of alkyl halides is 3. The molecule has 0 aliphatic rings. The predicted octanol–water partition coefficient (Wildman–Crippen LogP) is 4.13. The van der Waals surface area contributed by atoms with Crippen LogP contribution >= 0.6 is 11.6 Å². The van der Waals surface area contributed by atoms with Crippen molar-refractivity contribution in [3.63, 3.8) is 0 Å². The molecular weight excluding hydrogens is 281 g/mol. The Hall–Kier alpha value is -1.95. The van der Waals surface area contributed by atoms with Crippen molar-refractivity contribution in [3.8, 4) is 11.6 Å². The number of anilines is 1. The maximum atomic E-state index is 12.5. The van der Waals surface area contributed by atoms with E-state index in [4.69, 9.17) is 22.1 Å². The summed E-state index contributed by atoms with van der Waals surface area (Å²) < 4.78 is 42.8. The third-order valence-corrected chi connectivity index (χ3v) is 2.56. The first-order chi connectivity index (χ1) is 8.88. The van der Waals surface area contributed by atoms with Crippen LogP contribution in [0.4, 0.5) is 18.9 Å². The molecule has 7 heteroatoms. The first kappa shape index (κ1) is 13.5. The molecule has 0 aliphatic heterocycles. The minimum absolute atomic E-state index is 0.0796. The summed E-state index contributed by atoms with van der Waals surface area (Å²) in [6.45, 7) is 0. The molecule has 2 rings (SSSR count). The molecule has 0 unspecified atom stereocenters. The largest absolute Gasteiger partial charge is 0.435 e. The van der Waals surface area contributed by atoms with Crippen LogP contribution in [0.15, 0.2) is 36.5 Å². The lowest BCUT2D eigenvalue weighted by atomic mass is 10.2. The second-order valence-corrected chi connectivity index (χ2v) is 4.05. The second-order valence-electron chi connectivity index (χ2n) is 3.64. The van der Waals surface area contributed by atoms with Crippen molar-refractivity contribution in [2.45, 2.75) is 6.18 Å². The highest BCUT2D eigenvalue weighted by Crippen LogP contribution is 2.36. The molecule has 1 heterocycles. The zero-order chi connectivity index (χ0) is 14.0. The second kappa shape index (κ2) is 4.97. The lowest BCUT2D eigenvalue weighted by molar-refractivity contribution is -0.137. The van der Waals surface area contributed by atoms with E-state index >= 15 is 0 Å². The fraction of sp³-hybridized carbons (Fsp3) is 0.0833. The van der Waals surface area contributed by atoms with Gasteiger partial charge in [0.25, 0.3) is 0 Å². The van der Waals surface area contributed by atoms with Crippen molar-refractivity contribution >= 4 is 17.3 Å². The third-order valence-electron chi connectivity index (χ3n) is 2.27. The molecule has 2 aromatic rings. The number of para-hydroxylation sites is 1. The Bertz CT molecular complexity index is 582. The molecule has 1 aromatic heterocycles. The van der Waals surface area contributed by atoms with Crippen molar-refractivity contribution in [2.75, 3.05) is 5.73 Å². The Morgan fingerprint density at radius 3 is 2.58 bits per heavy atom. The minimum Gasteiger partial charge on any atom is -0.435 e. The van der Waals surface area contributed by atoms with Gasteiger partial charge in [0.15, 0.2) is 5.75 Å². The van der Waals surface area contributed by atoms with Gasteiger partial charge in [-0.05, 0) is 18.2 Å². The Kier molecular flexibility index (Phi) is 3.53. The van der Waals surface area contributed by atoms with E-state index in [1.807, 2.05) is 0 Å². The van der Waals surface area contributed by atoms with Crippen molar-refractivity contribution < 1.29 is 17.9 Å². The van der Waals surface area contributed by atoms with Crippen molar-refractivity contribution in [1.82, 2.24) is 4.98 Å². The molecule has 0 radical (unpaired) electrons. The highest BCUT2D eigenvalue weighted by Gasteiger charge is 2.31. The number of nitrogen functional groups attached to an aromatic ring is 1. The average Bonchev–Trinajstić information content (AvgIpc) is 2.33. The highest BCUT2D eigenvalue weighted by atomic mass is 35.5. The van der Waals surface area contributed by atoms with E-state index in [1.54, 1.807) is 6.07 Å². The number of halogens is 4. The molecule has 0 amide bonds. The SMILES string of the molecule is Nc1cccc(Cl)c1Oc1cc(C(F)(F)F)ccn1. The predicted molar refractivity (Wildman–Crippen MR) is 65.2 cm³/mol. The number of ether oxygens (including phenoxy) is 1. The number of hydrogen-bond donors (Lipinski definition) is 1. The van der Waals surface area contributed by atoms with Gasteiger partial charge in [-0.2, -0.15) is 13.2 Å². The Labute approximate surface area is 111 Å². The average molecular weight is 289 g/mol. The van der Waals surface area contributed by atoms with Gasteiger partial charge in [-0.15, -0.1) is 0 Å². The Morgan fingerprint density at radius 2 is 1.95 bits per heavy atom. The summed E-state index contributed by atoms with van der Waals surface area (Å²) in [4.78, 5) is 3.69. The van der Waals surface area contributed by atoms with Crippen LogP contribution in [0, 0.1) is 0 Å². The summed E-state index contributed by atoms with van der Waals surface area (Å²) in [7, 11) is 0. The quantitative estimate of drug-likeness (QED) is 0.845. The van der Waals surface area contributed by atoms with Crippen LogP contribution < -0.4 is 10.5 Å². The van der Waals surface area contributed by atoms with E-state index in [1.165, 1.54) is 12.1 Å². The monoisotopic (exact) mass is 288 g/mol. The summed E-state index contributed by atoms with van der Waals surface area (Å²) in [5.74, 6) is -0.148. The van der Waals surface area contributed by atoms with Gasteiger partial charge in [0, 0.05) is 12.3 Å². The molecule has 19 heavy (non-hydrogen) atoms. The van der Waals surface area contributed by atoms with E-state index in [0.717, 1.165) is 18.3 Å². The van der Waals surface area contributed by atoms with Gasteiger partial charge in [-0.25, -0.2) is 4.98 Å². The molecule has 1 aromatic carbocycles. The zero-order valence-corrected chi connectivity index (χ0v) is 10.2. The minimum atomic E-state index is -4.47. The lowest BCUT2D eigenvalue weighted by Gasteiger charge is -2.11. The van der Waals surface area contributed by atoms with Crippen LogP contribution in [-0.4, -0.2) is 4.98 Å². The molecule has 0 saturated carbocycles. The molecule has 0 atom stereocenters. The smallest absolute Gasteiger partial charge is 0.416 e. The maximum Gasteiger partial charge on any atom is 0.416 e. The summed E-state index contributed by atoms with van der Waals surface area (Å²) in [5.41, 5.74) is 4.99. The van der Waals surface area contributed by atoms with E-state index in [0.29, 0.717) is 0 Å². The number of hydrogen-bond acceptors (Lipinski definition) is 3. The number of nitrogens with zero attached hydrogens (tertiary/aromatic N) is 1. The van der Waals surface area contributed by atoms with Gasteiger partial charge < -0.3 is 10.5 Å². The molecule has 100 valence electrons. The fourth-order valence-corrected chi connectivity index (χ4v) is 1.60. The maximum absolute atomic E-state index is 12.5. The summed E-state index contributed by atoms with van der Waals surface area (Å²) in [6, 6.07) is 6.27. The highest BCUT2D eigenvalue weighted by molar-refractivity contribution is 6.32. The lowest BCUT2D eigenvalue weighted by Crippen LogP contribution is -2.05. The zero-order valence-electron chi connectivity index (χ0n) is 9.41. The first-order valence-electron chi connectivity index (χ1n) is 5.13. The topological polar surface area (TPSA) is 48.1 Å². The fourth-order valence-electron chi connectivity index (χ4n) is 1.38. The standard InChI is InChI=1S/C12H8ClF3N2O/c13-8-2-1-3-9(17)11(8)19-10-6-7(4-5-18-10)12(14,15)16/h1-6H,17H2. The summed E-state index contributed by atoms with van der Waals surface area (Å²) >= 11 is 5.85. The van der Waals surface area contributed by atoms with Crippen molar-refractivity contribution in [3.05, 3.63) is 47.1 Å². The van der Waals surface area contributed by atoms with Crippen LogP contribution in [0.25, 0.3) is 0 Å². The van der Waals surface area contributed by atoms with Gasteiger partial charge in [-0.3, -0.25) is 0 Å². The van der Waals surface area contributed by atoms with Crippen molar-refractivity contribution in [1.29, 1.82) is 0 Å². The van der Waals surface area contributed by atoms with E-state index in [9.17, 15) is 13.2 Å². The molecule has 0 bridgehead atoms. The first-order valence-corrected chi connectivity index (χ1v) is 5.51. The van der Waals surface area contributed by atoms with E-state index < -0.39 is 11.7 Å². The Morgan fingerprint density at radius 1 is 1.21 bits per heavy atom. The number of rotatable bonds is 2. The molecule has 2 N–H and O–H groups in total. The summed E-state index contributed by atoms with van der Waals surface area (Å²) in [5, 5.41) is 0.194. The Balaban J connectivity index is 2.34. The molecule has 0 saturated heterocycles. The van der Waals surface area contributed by atoms with Gasteiger partial charge in [0.2, 0.25) is 5.88 Å². The van der Waals surface area contributed by atoms with Crippen molar-refractivity contribution in [2.24, 2.45) is 0 Å². The molecule has 0 spiro atoms. The number of nitrogens with two attached hydrogens (primary N) is 1. The van der Waals surface area contributed by atoms with Crippen LogP contribution in [0.3, 0.4) is 0 Å². The molecular formula is C12H8ClF3N2O. The van der Waals surface area contributed by atoms with Crippen LogP contribution in [0.2, 0.25) is 5.02 Å². The summed E-state index contributed by atoms with van der Waals surface area (Å²) in [6.07, 6.45) is -3.46. The number of benzene rings is 1. The third kappa shape index (κ3) is 3.08. The van der Waals surface area contributed by atoms with Gasteiger partial charge >= 0.3 is 6.18 Å². The number of aromatic nitrogens is 1. The molecule has 3 nitrogen and oxygen atoms in total. The van der Waals surface area contributed by atoms with Crippen LogP contribution in [-0.2, 0) is 6.18 Å². The number of pyridine rings is 1. The molecule has 0 fully saturated rings. The van der Waals surface area contributed by atoms with Crippen LogP contribution in [0.1, 0.15) is 5.56 Å². The van der Waals surface area contributed by atoms with Gasteiger partial charge in [0.1, 0.15) is 0 Å². The molecule has 0 aliphatic carbocycles. The van der Waals surface area contributed by atoms with E-state index in [2.05, 4.69) is 4.98 Å². The van der Waals surface area contributed by atoms with Gasteiger partial charge in [-0.1, -0.05) is 17.7 Å². The van der Waals surface area contributed by atoms with Crippen LogP contribution in [0.5, 0.6) is 11.6 Å². The van der Waals surface area contributed by atoms with E-state index in [-0.39, 0.29) is 22.3 Å². The van der Waals surface area contributed by atoms with Gasteiger partial charge in [0.05, 0.1) is 16.3 Å².